The molecule has 1 N–H and O–H groups in total. The molecule has 1 atom stereocenters. The Bertz CT molecular complexity index is 1230. The summed E-state index contributed by atoms with van der Waals surface area (Å²) in [6.45, 7) is 8.87. The van der Waals surface area contributed by atoms with E-state index in [-0.39, 0.29) is 23.3 Å². The molecule has 1 fully saturated rings. The van der Waals surface area contributed by atoms with Gasteiger partial charge in [-0.25, -0.2) is 0 Å². The quantitative estimate of drug-likeness (QED) is 0.290. The minimum Gasteiger partial charge on any atom is -0.507 e. The van der Waals surface area contributed by atoms with Crippen LogP contribution in [0.3, 0.4) is 0 Å². The highest BCUT2D eigenvalue weighted by Gasteiger charge is 2.46. The van der Waals surface area contributed by atoms with Crippen molar-refractivity contribution in [1.82, 2.24) is 9.88 Å². The first kappa shape index (κ1) is 23.7. The number of nitrogens with zero attached hydrogens (tertiary/aromatic N) is 2. The summed E-state index contributed by atoms with van der Waals surface area (Å²) in [5.74, 6) is -0.753. The lowest BCUT2D eigenvalue weighted by atomic mass is 9.84. The Morgan fingerprint density at radius 2 is 1.88 bits per heavy atom. The van der Waals surface area contributed by atoms with Crippen molar-refractivity contribution < 1.29 is 19.4 Å². The predicted octanol–water partition coefficient (Wildman–Crippen LogP) is 5.46. The SMILES string of the molecule is CCOc1ccc(/C(O)=C2/C(=O)C(=O)N(Cc3ccncc3)C2c2cccs2)cc1C(C)(C)C. The smallest absolute Gasteiger partial charge is 0.295 e. The first-order valence-electron chi connectivity index (χ1n) is 11.2. The van der Waals surface area contributed by atoms with Crippen molar-refractivity contribution in [3.05, 3.63) is 87.4 Å². The van der Waals surface area contributed by atoms with E-state index >= 15 is 0 Å². The molecule has 3 heterocycles. The zero-order chi connectivity index (χ0) is 24.5. The molecule has 0 saturated carbocycles. The van der Waals surface area contributed by atoms with Crippen LogP contribution < -0.4 is 4.74 Å². The lowest BCUT2D eigenvalue weighted by molar-refractivity contribution is -0.140. The molecule has 1 aliphatic rings. The third-order valence-electron chi connectivity index (χ3n) is 5.82. The number of rotatable bonds is 6. The van der Waals surface area contributed by atoms with Crippen molar-refractivity contribution >= 4 is 28.8 Å². The third kappa shape index (κ3) is 4.48. The Labute approximate surface area is 203 Å². The second kappa shape index (κ2) is 9.43. The number of thiophene rings is 1. The number of hydrogen-bond acceptors (Lipinski definition) is 6. The van der Waals surface area contributed by atoms with Crippen molar-refractivity contribution in [1.29, 1.82) is 0 Å². The molecule has 0 spiro atoms. The number of carbonyl (C=O) groups is 2. The molecule has 7 heteroatoms. The van der Waals surface area contributed by atoms with E-state index < -0.39 is 17.7 Å². The van der Waals surface area contributed by atoms with E-state index in [2.05, 4.69) is 25.8 Å². The molecule has 1 aromatic carbocycles. The fourth-order valence-electron chi connectivity index (χ4n) is 4.17. The number of benzene rings is 1. The number of Topliss-reactive ketones (excluding diaryl/α,β-unsaturated/α-hetero) is 1. The van der Waals surface area contributed by atoms with Crippen LogP contribution in [0.25, 0.3) is 5.76 Å². The van der Waals surface area contributed by atoms with Crippen molar-refractivity contribution in [2.24, 2.45) is 0 Å². The molecule has 1 amide bonds. The molecule has 0 bridgehead atoms. The van der Waals surface area contributed by atoms with Crippen molar-refractivity contribution in [2.45, 2.75) is 45.7 Å². The summed E-state index contributed by atoms with van der Waals surface area (Å²) >= 11 is 1.45. The fraction of sp³-hybridized carbons (Fsp3) is 0.296. The van der Waals surface area contributed by atoms with Crippen LogP contribution in [-0.2, 0) is 21.5 Å². The first-order chi connectivity index (χ1) is 16.2. The topological polar surface area (TPSA) is 79.7 Å². The predicted molar refractivity (Wildman–Crippen MR) is 133 cm³/mol. The normalized spacial score (nSPS) is 17.9. The summed E-state index contributed by atoms with van der Waals surface area (Å²) in [6.07, 6.45) is 3.31. The maximum absolute atomic E-state index is 13.2. The molecule has 3 aromatic rings. The minimum absolute atomic E-state index is 0.102. The standard InChI is InChI=1S/C27H28N2O4S/c1-5-33-20-9-8-18(15-19(20)27(2,3)4)24(30)22-23(21-7-6-14-34-21)29(26(32)25(22)31)16-17-10-12-28-13-11-17/h6-15,23,30H,5,16H2,1-4H3/b24-22-. The average Bonchev–Trinajstić information content (AvgIpc) is 3.42. The van der Waals surface area contributed by atoms with E-state index in [1.807, 2.05) is 48.7 Å². The van der Waals surface area contributed by atoms with E-state index in [1.54, 1.807) is 18.5 Å². The molecule has 1 unspecified atom stereocenters. The molecule has 0 aliphatic carbocycles. The molecular weight excluding hydrogens is 448 g/mol. The maximum Gasteiger partial charge on any atom is 0.295 e. The number of aliphatic hydroxyl groups is 1. The number of ketones is 1. The zero-order valence-corrected chi connectivity index (χ0v) is 20.6. The van der Waals surface area contributed by atoms with Gasteiger partial charge in [0.15, 0.2) is 0 Å². The summed E-state index contributed by atoms with van der Waals surface area (Å²) in [7, 11) is 0. The first-order valence-corrected chi connectivity index (χ1v) is 12.1. The third-order valence-corrected chi connectivity index (χ3v) is 6.74. The van der Waals surface area contributed by atoms with Crippen LogP contribution in [-0.4, -0.2) is 33.3 Å². The van der Waals surface area contributed by atoms with Gasteiger partial charge in [0.25, 0.3) is 11.7 Å². The van der Waals surface area contributed by atoms with Gasteiger partial charge in [0.05, 0.1) is 18.2 Å². The van der Waals surface area contributed by atoms with E-state index in [4.69, 9.17) is 4.74 Å². The highest BCUT2D eigenvalue weighted by molar-refractivity contribution is 7.10. The van der Waals surface area contributed by atoms with Gasteiger partial charge in [0.2, 0.25) is 0 Å². The zero-order valence-electron chi connectivity index (χ0n) is 19.7. The van der Waals surface area contributed by atoms with Gasteiger partial charge in [-0.05, 0) is 59.7 Å². The highest BCUT2D eigenvalue weighted by atomic mass is 32.1. The van der Waals surface area contributed by atoms with Crippen molar-refractivity contribution in [3.8, 4) is 5.75 Å². The molecule has 1 aliphatic heterocycles. The van der Waals surface area contributed by atoms with Gasteiger partial charge in [0.1, 0.15) is 11.5 Å². The largest absolute Gasteiger partial charge is 0.507 e. The van der Waals surface area contributed by atoms with E-state index in [0.29, 0.717) is 12.2 Å². The number of amides is 1. The summed E-state index contributed by atoms with van der Waals surface area (Å²) in [6, 6.07) is 12.1. The average molecular weight is 477 g/mol. The van der Waals surface area contributed by atoms with Crippen LogP contribution in [0.5, 0.6) is 5.75 Å². The second-order valence-electron chi connectivity index (χ2n) is 9.19. The van der Waals surface area contributed by atoms with Gasteiger partial charge in [0, 0.05) is 34.9 Å². The van der Waals surface area contributed by atoms with E-state index in [1.165, 1.54) is 16.2 Å². The molecular formula is C27H28N2O4S. The van der Waals surface area contributed by atoms with Gasteiger partial charge in [-0.1, -0.05) is 26.8 Å². The molecule has 2 aromatic heterocycles. The Morgan fingerprint density at radius 1 is 1.15 bits per heavy atom. The van der Waals surface area contributed by atoms with Crippen molar-refractivity contribution in [2.75, 3.05) is 6.61 Å². The van der Waals surface area contributed by atoms with Crippen LogP contribution in [0.2, 0.25) is 0 Å². The number of hydrogen-bond donors (Lipinski definition) is 1. The number of likely N-dealkylation sites (tertiary alicyclic amines) is 1. The van der Waals surface area contributed by atoms with E-state index in [0.717, 1.165) is 21.8 Å². The van der Waals surface area contributed by atoms with Crippen molar-refractivity contribution in [3.63, 3.8) is 0 Å². The fourth-order valence-corrected chi connectivity index (χ4v) is 5.02. The molecule has 34 heavy (non-hydrogen) atoms. The summed E-state index contributed by atoms with van der Waals surface area (Å²) in [5, 5.41) is 13.3. The van der Waals surface area contributed by atoms with Crippen LogP contribution in [0.4, 0.5) is 0 Å². The summed E-state index contributed by atoms with van der Waals surface area (Å²) in [4.78, 5) is 32.7. The minimum atomic E-state index is -0.684. The van der Waals surface area contributed by atoms with E-state index in [9.17, 15) is 14.7 Å². The summed E-state index contributed by atoms with van der Waals surface area (Å²) < 4.78 is 5.79. The van der Waals surface area contributed by atoms with Gasteiger partial charge in [-0.15, -0.1) is 11.3 Å². The Hall–Kier alpha value is -3.45. The Kier molecular flexibility index (Phi) is 6.57. The van der Waals surface area contributed by atoms with Crippen LogP contribution in [0.15, 0.2) is 65.8 Å². The van der Waals surface area contributed by atoms with Gasteiger partial charge in [-0.3, -0.25) is 14.6 Å². The lowest BCUT2D eigenvalue weighted by Gasteiger charge is -2.25. The van der Waals surface area contributed by atoms with Crippen LogP contribution >= 0.6 is 11.3 Å². The van der Waals surface area contributed by atoms with Gasteiger partial charge >= 0.3 is 0 Å². The Balaban J connectivity index is 1.85. The number of carbonyl (C=O) groups excluding carboxylic acids is 2. The number of pyridine rings is 1. The Morgan fingerprint density at radius 3 is 2.50 bits per heavy atom. The monoisotopic (exact) mass is 476 g/mol. The lowest BCUT2D eigenvalue weighted by Crippen LogP contribution is -2.28. The number of aliphatic hydroxyl groups excluding tert-OH is 1. The molecule has 6 nitrogen and oxygen atoms in total. The molecule has 0 radical (unpaired) electrons. The molecule has 176 valence electrons. The van der Waals surface area contributed by atoms with Gasteiger partial charge < -0.3 is 14.7 Å². The molecule has 4 rings (SSSR count). The second-order valence-corrected chi connectivity index (χ2v) is 10.2. The number of ether oxygens (including phenoxy) is 1. The number of aromatic nitrogens is 1. The highest BCUT2D eigenvalue weighted by Crippen LogP contribution is 2.43. The van der Waals surface area contributed by atoms with Crippen LogP contribution in [0.1, 0.15) is 55.3 Å². The molecule has 1 saturated heterocycles. The maximum atomic E-state index is 13.2. The summed E-state index contributed by atoms with van der Waals surface area (Å²) in [5.41, 5.74) is 2.11. The van der Waals surface area contributed by atoms with Gasteiger partial charge in [-0.2, -0.15) is 0 Å². The van der Waals surface area contributed by atoms with Crippen LogP contribution in [0, 0.1) is 0 Å².